The highest BCUT2D eigenvalue weighted by atomic mass is 16.5. The lowest BCUT2D eigenvalue weighted by atomic mass is 9.68. The molecular weight excluding hydrogens is 226 g/mol. The largest absolute Gasteiger partial charge is 0.469 e. The van der Waals surface area contributed by atoms with E-state index in [0.717, 1.165) is 31.4 Å². The van der Waals surface area contributed by atoms with E-state index in [1.165, 1.54) is 12.7 Å². The summed E-state index contributed by atoms with van der Waals surface area (Å²) in [7, 11) is 1.47. The molecule has 0 atom stereocenters. The molecule has 0 amide bonds. The van der Waals surface area contributed by atoms with Crippen molar-refractivity contribution in [2.45, 2.75) is 32.6 Å². The predicted molar refractivity (Wildman–Crippen MR) is 72.6 cm³/mol. The van der Waals surface area contributed by atoms with Crippen LogP contribution >= 0.6 is 0 Å². The van der Waals surface area contributed by atoms with Crippen molar-refractivity contribution >= 4 is 11.7 Å². The maximum absolute atomic E-state index is 11.8. The molecule has 0 unspecified atom stereocenters. The molecule has 1 aromatic carbocycles. The molecule has 98 valence electrons. The van der Waals surface area contributed by atoms with Crippen LogP contribution < -0.4 is 5.32 Å². The first-order chi connectivity index (χ1) is 8.72. The third-order valence-electron chi connectivity index (χ3n) is 3.94. The second-order valence-corrected chi connectivity index (χ2v) is 4.99. The number of carbonyl (C=O) groups is 1. The summed E-state index contributed by atoms with van der Waals surface area (Å²) >= 11 is 0. The van der Waals surface area contributed by atoms with Crippen molar-refractivity contribution in [1.29, 1.82) is 0 Å². The summed E-state index contributed by atoms with van der Waals surface area (Å²) in [5.41, 5.74) is 2.13. The molecule has 0 spiro atoms. The van der Waals surface area contributed by atoms with Crippen molar-refractivity contribution in [2.24, 2.45) is 5.41 Å². The normalized spacial score (nSPS) is 16.8. The number of hydrogen-bond donors (Lipinski definition) is 1. The van der Waals surface area contributed by atoms with Gasteiger partial charge in [-0.3, -0.25) is 4.79 Å². The van der Waals surface area contributed by atoms with Gasteiger partial charge in [0.15, 0.2) is 0 Å². The van der Waals surface area contributed by atoms with E-state index in [4.69, 9.17) is 4.74 Å². The fourth-order valence-corrected chi connectivity index (χ4v) is 2.54. The number of hydrogen-bond acceptors (Lipinski definition) is 3. The number of methoxy groups -OCH3 is 1. The first-order valence-electron chi connectivity index (χ1n) is 6.62. The molecule has 1 N–H and O–H groups in total. The number of esters is 1. The molecule has 0 saturated heterocycles. The molecule has 3 nitrogen and oxygen atoms in total. The number of rotatable bonds is 5. The van der Waals surface area contributed by atoms with Crippen LogP contribution in [0.2, 0.25) is 0 Å². The van der Waals surface area contributed by atoms with E-state index in [1.54, 1.807) is 0 Å². The van der Waals surface area contributed by atoms with Crippen LogP contribution in [0.15, 0.2) is 24.3 Å². The Morgan fingerprint density at radius 2 is 2.11 bits per heavy atom. The summed E-state index contributed by atoms with van der Waals surface area (Å²) in [6.45, 7) is 2.82. The van der Waals surface area contributed by atoms with Gasteiger partial charge < -0.3 is 10.1 Å². The van der Waals surface area contributed by atoms with Gasteiger partial charge in [0.25, 0.3) is 0 Å². The second kappa shape index (κ2) is 5.42. The lowest BCUT2D eigenvalue weighted by molar-refractivity contribution is -0.157. The molecule has 0 aliphatic heterocycles. The van der Waals surface area contributed by atoms with Gasteiger partial charge in [-0.15, -0.1) is 0 Å². The molecular formula is C15H21NO2. The predicted octanol–water partition coefficient (Wildman–Crippen LogP) is 3.00. The van der Waals surface area contributed by atoms with Crippen molar-refractivity contribution in [2.75, 3.05) is 19.0 Å². The molecule has 1 fully saturated rings. The van der Waals surface area contributed by atoms with Crippen molar-refractivity contribution in [3.05, 3.63) is 29.8 Å². The number of carbonyl (C=O) groups excluding carboxylic acids is 1. The van der Waals surface area contributed by atoms with Crippen molar-refractivity contribution in [3.63, 3.8) is 0 Å². The zero-order valence-corrected chi connectivity index (χ0v) is 11.2. The Labute approximate surface area is 109 Å². The maximum atomic E-state index is 11.8. The lowest BCUT2D eigenvalue weighted by Crippen LogP contribution is -2.44. The number of para-hydroxylation sites is 1. The Morgan fingerprint density at radius 1 is 1.39 bits per heavy atom. The van der Waals surface area contributed by atoms with Gasteiger partial charge in [0.05, 0.1) is 12.5 Å². The number of nitrogens with one attached hydrogen (secondary N) is 1. The van der Waals surface area contributed by atoms with Crippen LogP contribution in [-0.2, 0) is 16.0 Å². The third kappa shape index (κ3) is 2.35. The molecule has 1 aromatic rings. The smallest absolute Gasteiger partial charge is 0.313 e. The molecule has 18 heavy (non-hydrogen) atoms. The summed E-state index contributed by atoms with van der Waals surface area (Å²) in [4.78, 5) is 11.8. The lowest BCUT2D eigenvalue weighted by Gasteiger charge is -2.39. The summed E-state index contributed by atoms with van der Waals surface area (Å²) in [6.07, 6.45) is 3.97. The average Bonchev–Trinajstić information content (AvgIpc) is 2.37. The van der Waals surface area contributed by atoms with Gasteiger partial charge >= 0.3 is 5.97 Å². The van der Waals surface area contributed by atoms with E-state index in [-0.39, 0.29) is 11.4 Å². The van der Waals surface area contributed by atoms with Gasteiger partial charge in [-0.2, -0.15) is 0 Å². The van der Waals surface area contributed by atoms with Crippen LogP contribution in [0.3, 0.4) is 0 Å². The van der Waals surface area contributed by atoms with E-state index in [1.807, 2.05) is 12.1 Å². The fraction of sp³-hybridized carbons (Fsp3) is 0.533. The van der Waals surface area contributed by atoms with Crippen LogP contribution in [0.1, 0.15) is 31.7 Å². The minimum atomic E-state index is -0.296. The highest BCUT2D eigenvalue weighted by Gasteiger charge is 2.45. The Kier molecular flexibility index (Phi) is 3.90. The van der Waals surface area contributed by atoms with Crippen LogP contribution in [0.25, 0.3) is 0 Å². The quantitative estimate of drug-likeness (QED) is 0.813. The Bertz CT molecular complexity index is 424. The van der Waals surface area contributed by atoms with Crippen LogP contribution in [0.4, 0.5) is 5.69 Å². The molecule has 0 radical (unpaired) electrons. The monoisotopic (exact) mass is 247 g/mol. The van der Waals surface area contributed by atoms with E-state index < -0.39 is 0 Å². The third-order valence-corrected chi connectivity index (χ3v) is 3.94. The summed E-state index contributed by atoms with van der Waals surface area (Å²) < 4.78 is 4.92. The Morgan fingerprint density at radius 3 is 2.67 bits per heavy atom. The van der Waals surface area contributed by atoms with Gasteiger partial charge in [-0.25, -0.2) is 0 Å². The SMILES string of the molecule is CCc1ccccc1NCC1(C(=O)OC)CCC1. The van der Waals surface area contributed by atoms with Crippen molar-refractivity contribution in [3.8, 4) is 0 Å². The molecule has 0 heterocycles. The maximum Gasteiger partial charge on any atom is 0.313 e. The number of aryl methyl sites for hydroxylation is 1. The highest BCUT2D eigenvalue weighted by molar-refractivity contribution is 5.78. The number of ether oxygens (including phenoxy) is 1. The molecule has 1 aliphatic rings. The van der Waals surface area contributed by atoms with Crippen LogP contribution in [0, 0.1) is 5.41 Å². The highest BCUT2D eigenvalue weighted by Crippen LogP contribution is 2.42. The van der Waals surface area contributed by atoms with Crippen molar-refractivity contribution in [1.82, 2.24) is 0 Å². The van der Waals surface area contributed by atoms with Gasteiger partial charge in [0.2, 0.25) is 0 Å². The summed E-state index contributed by atoms with van der Waals surface area (Å²) in [5, 5.41) is 3.42. The molecule has 0 bridgehead atoms. The topological polar surface area (TPSA) is 38.3 Å². The second-order valence-electron chi connectivity index (χ2n) is 4.99. The van der Waals surface area contributed by atoms with E-state index in [0.29, 0.717) is 6.54 Å². The van der Waals surface area contributed by atoms with E-state index in [9.17, 15) is 4.79 Å². The Balaban J connectivity index is 2.04. The minimum absolute atomic E-state index is 0.0739. The zero-order valence-electron chi connectivity index (χ0n) is 11.2. The summed E-state index contributed by atoms with van der Waals surface area (Å²) in [6, 6.07) is 8.26. The minimum Gasteiger partial charge on any atom is -0.469 e. The summed E-state index contributed by atoms with van der Waals surface area (Å²) in [5.74, 6) is -0.0739. The fourth-order valence-electron chi connectivity index (χ4n) is 2.54. The van der Waals surface area contributed by atoms with Crippen LogP contribution in [0.5, 0.6) is 0 Å². The zero-order chi connectivity index (χ0) is 13.0. The first kappa shape index (κ1) is 12.9. The molecule has 0 aromatic heterocycles. The van der Waals surface area contributed by atoms with E-state index >= 15 is 0 Å². The van der Waals surface area contributed by atoms with Gasteiger partial charge in [-0.05, 0) is 30.9 Å². The van der Waals surface area contributed by atoms with Gasteiger partial charge in [0.1, 0.15) is 0 Å². The van der Waals surface area contributed by atoms with E-state index in [2.05, 4.69) is 24.4 Å². The van der Waals surface area contributed by atoms with Gasteiger partial charge in [0, 0.05) is 12.2 Å². The average molecular weight is 247 g/mol. The first-order valence-corrected chi connectivity index (χ1v) is 6.62. The van der Waals surface area contributed by atoms with Crippen molar-refractivity contribution < 1.29 is 9.53 Å². The molecule has 3 heteroatoms. The number of anilines is 1. The van der Waals surface area contributed by atoms with Gasteiger partial charge in [-0.1, -0.05) is 31.5 Å². The standard InChI is InChI=1S/C15H21NO2/c1-3-12-7-4-5-8-13(12)16-11-15(9-6-10-15)14(17)18-2/h4-5,7-8,16H,3,6,9-11H2,1-2H3. The Hall–Kier alpha value is -1.51. The molecule has 2 rings (SSSR count). The van der Waals surface area contributed by atoms with Crippen LogP contribution in [-0.4, -0.2) is 19.6 Å². The molecule has 1 aliphatic carbocycles. The number of benzene rings is 1. The molecule has 1 saturated carbocycles.